The minimum Gasteiger partial charge on any atom is -0.140 e. The van der Waals surface area contributed by atoms with Crippen LogP contribution in [-0.2, 0) is 11.8 Å². The van der Waals surface area contributed by atoms with E-state index in [1.807, 2.05) is 0 Å². The van der Waals surface area contributed by atoms with Gasteiger partial charge >= 0.3 is 0 Å². The molecule has 0 amide bonds. The van der Waals surface area contributed by atoms with Gasteiger partial charge in [-0.25, -0.2) is 0 Å². The molecule has 2 rings (SSSR count). The van der Waals surface area contributed by atoms with E-state index in [9.17, 15) is 0 Å². The fraction of sp³-hybridized carbons (Fsp3) is 1.00. The Morgan fingerprint density at radius 2 is 1.07 bits per heavy atom. The summed E-state index contributed by atoms with van der Waals surface area (Å²) < 4.78 is 0. The maximum Gasteiger partial charge on any atom is 0.00931 e. The van der Waals surface area contributed by atoms with Crippen LogP contribution in [0.1, 0.15) is 64.2 Å². The lowest BCUT2D eigenvalue weighted by atomic mass is 10.00. The van der Waals surface area contributed by atoms with Crippen LogP contribution in [0.2, 0.25) is 0 Å². The van der Waals surface area contributed by atoms with Crippen molar-refractivity contribution in [2.45, 2.75) is 75.5 Å². The molecule has 0 saturated heterocycles. The van der Waals surface area contributed by atoms with Gasteiger partial charge in [0.25, 0.3) is 0 Å². The Bertz CT molecular complexity index is 218. The van der Waals surface area contributed by atoms with Crippen LogP contribution >= 0.6 is 17.5 Å². The molecule has 88 valence electrons. The summed E-state index contributed by atoms with van der Waals surface area (Å²) >= 11 is 11.0. The zero-order valence-electron chi connectivity index (χ0n) is 9.53. The SMILES string of the molecule is S=P(S)(C1CCCCC1)C1CCCCC1. The van der Waals surface area contributed by atoms with Gasteiger partial charge in [-0.3, -0.25) is 0 Å². The molecule has 0 aliphatic heterocycles. The van der Waals surface area contributed by atoms with Gasteiger partial charge in [0.2, 0.25) is 0 Å². The van der Waals surface area contributed by atoms with E-state index in [-0.39, 0.29) is 0 Å². The van der Waals surface area contributed by atoms with Crippen LogP contribution in [0, 0.1) is 0 Å². The third-order valence-electron chi connectivity index (χ3n) is 4.20. The Morgan fingerprint density at radius 3 is 1.40 bits per heavy atom. The molecule has 0 bridgehead atoms. The van der Waals surface area contributed by atoms with Crippen molar-refractivity contribution in [2.75, 3.05) is 0 Å². The smallest absolute Gasteiger partial charge is 0.00931 e. The second kappa shape index (κ2) is 5.56. The van der Waals surface area contributed by atoms with E-state index in [1.165, 1.54) is 64.2 Å². The summed E-state index contributed by atoms with van der Waals surface area (Å²) in [5, 5.41) is -1.32. The zero-order valence-corrected chi connectivity index (χ0v) is 12.1. The predicted molar refractivity (Wildman–Crippen MR) is 77.0 cm³/mol. The molecule has 2 aliphatic rings. The van der Waals surface area contributed by atoms with Crippen molar-refractivity contribution in [3.63, 3.8) is 0 Å². The first-order chi connectivity index (χ1) is 7.21. The van der Waals surface area contributed by atoms with Crippen molar-refractivity contribution in [2.24, 2.45) is 0 Å². The van der Waals surface area contributed by atoms with Crippen molar-refractivity contribution in [1.29, 1.82) is 0 Å². The van der Waals surface area contributed by atoms with Gasteiger partial charge in [0.1, 0.15) is 0 Å². The molecular formula is C12H23PS2. The van der Waals surface area contributed by atoms with E-state index in [4.69, 9.17) is 24.1 Å². The quantitative estimate of drug-likeness (QED) is 0.541. The first-order valence-electron chi connectivity index (χ1n) is 6.53. The normalized spacial score (nSPS) is 26.7. The summed E-state index contributed by atoms with van der Waals surface area (Å²) in [5.74, 6) is 0. The summed E-state index contributed by atoms with van der Waals surface area (Å²) in [6, 6.07) is 0. The summed E-state index contributed by atoms with van der Waals surface area (Å²) in [4.78, 5) is 0. The molecule has 2 aliphatic carbocycles. The first kappa shape index (κ1) is 12.5. The highest BCUT2D eigenvalue weighted by Gasteiger charge is 2.34. The minimum absolute atomic E-state index is 0.827. The summed E-state index contributed by atoms with van der Waals surface area (Å²) in [7, 11) is 0. The Balaban J connectivity index is 1.99. The standard InChI is InChI=1S/C12H23PS2/c14-13(15,11-7-3-1-4-8-11)12-9-5-2-6-10-12/h11-12H,1-10H2,(H,14,15). The average molecular weight is 262 g/mol. The van der Waals surface area contributed by atoms with Crippen molar-refractivity contribution in [1.82, 2.24) is 0 Å². The van der Waals surface area contributed by atoms with E-state index in [0.29, 0.717) is 0 Å². The third-order valence-corrected chi connectivity index (χ3v) is 11.1. The molecule has 0 radical (unpaired) electrons. The molecule has 0 N–H and O–H groups in total. The molecule has 0 spiro atoms. The molecule has 0 unspecified atom stereocenters. The molecule has 0 atom stereocenters. The minimum atomic E-state index is -1.32. The van der Waals surface area contributed by atoms with Gasteiger partial charge in [0.05, 0.1) is 0 Å². The highest BCUT2D eigenvalue weighted by atomic mass is 32.9. The zero-order chi connectivity index (χ0) is 10.7. The monoisotopic (exact) mass is 262 g/mol. The molecule has 2 fully saturated rings. The first-order valence-corrected chi connectivity index (χ1v) is 10.6. The molecular weight excluding hydrogens is 239 g/mol. The average Bonchev–Trinajstić information content (AvgIpc) is 2.31. The lowest BCUT2D eigenvalue weighted by molar-refractivity contribution is 0.488. The molecule has 3 heteroatoms. The number of hydrogen-bond acceptors (Lipinski definition) is 1. The Hall–Kier alpha value is 1.00. The van der Waals surface area contributed by atoms with Gasteiger partial charge < -0.3 is 0 Å². The second-order valence-electron chi connectivity index (χ2n) is 5.26. The van der Waals surface area contributed by atoms with Crippen LogP contribution in [-0.4, -0.2) is 11.3 Å². The fourth-order valence-corrected chi connectivity index (χ4v) is 8.66. The molecule has 0 heterocycles. The highest BCUT2D eigenvalue weighted by Crippen LogP contribution is 2.66. The maximum absolute atomic E-state index is 5.96. The molecule has 0 aromatic heterocycles. The van der Waals surface area contributed by atoms with Crippen molar-refractivity contribution in [3.8, 4) is 0 Å². The van der Waals surface area contributed by atoms with Crippen LogP contribution in [0.5, 0.6) is 0 Å². The van der Waals surface area contributed by atoms with Crippen molar-refractivity contribution in [3.05, 3.63) is 0 Å². The topological polar surface area (TPSA) is 0 Å². The lowest BCUT2D eigenvalue weighted by Gasteiger charge is -2.38. The van der Waals surface area contributed by atoms with E-state index < -0.39 is 5.24 Å². The van der Waals surface area contributed by atoms with E-state index >= 15 is 0 Å². The molecule has 15 heavy (non-hydrogen) atoms. The summed E-state index contributed by atoms with van der Waals surface area (Å²) in [6.07, 6.45) is 14.1. The van der Waals surface area contributed by atoms with E-state index in [0.717, 1.165) is 11.3 Å². The van der Waals surface area contributed by atoms with Gasteiger partial charge in [-0.15, -0.1) is 12.2 Å². The summed E-state index contributed by atoms with van der Waals surface area (Å²) in [5.41, 5.74) is 1.65. The molecule has 0 aromatic carbocycles. The van der Waals surface area contributed by atoms with Crippen LogP contribution in [0.25, 0.3) is 0 Å². The van der Waals surface area contributed by atoms with Crippen LogP contribution < -0.4 is 0 Å². The van der Waals surface area contributed by atoms with Gasteiger partial charge in [-0.1, -0.05) is 50.3 Å². The second-order valence-corrected chi connectivity index (χ2v) is 12.7. The summed E-state index contributed by atoms with van der Waals surface area (Å²) in [6.45, 7) is 0. The largest absolute Gasteiger partial charge is 0.140 e. The van der Waals surface area contributed by atoms with Gasteiger partial charge in [0.15, 0.2) is 0 Å². The van der Waals surface area contributed by atoms with Crippen LogP contribution in [0.15, 0.2) is 0 Å². The number of thiol groups is 1. The Labute approximate surface area is 105 Å². The molecule has 2 saturated carbocycles. The van der Waals surface area contributed by atoms with Crippen molar-refractivity contribution >= 4 is 29.3 Å². The van der Waals surface area contributed by atoms with Gasteiger partial charge in [-0.05, 0) is 37.0 Å². The van der Waals surface area contributed by atoms with Gasteiger partial charge in [0, 0.05) is 5.24 Å². The number of rotatable bonds is 2. The van der Waals surface area contributed by atoms with Crippen LogP contribution in [0.4, 0.5) is 0 Å². The van der Waals surface area contributed by atoms with Crippen LogP contribution in [0.3, 0.4) is 0 Å². The highest BCUT2D eigenvalue weighted by molar-refractivity contribution is 8.63. The Kier molecular flexibility index (Phi) is 4.62. The Morgan fingerprint density at radius 1 is 0.733 bits per heavy atom. The molecule has 0 nitrogen and oxygen atoms in total. The van der Waals surface area contributed by atoms with E-state index in [1.54, 1.807) is 0 Å². The van der Waals surface area contributed by atoms with Crippen molar-refractivity contribution < 1.29 is 0 Å². The predicted octanol–water partition coefficient (Wildman–Crippen LogP) is 4.98. The third kappa shape index (κ3) is 3.01. The lowest BCUT2D eigenvalue weighted by Crippen LogP contribution is -2.20. The maximum atomic E-state index is 5.96. The number of hydrogen-bond donors (Lipinski definition) is 1. The molecule has 0 aromatic rings. The van der Waals surface area contributed by atoms with E-state index in [2.05, 4.69) is 0 Å². The fourth-order valence-electron chi connectivity index (χ4n) is 3.20. The van der Waals surface area contributed by atoms with Gasteiger partial charge in [-0.2, -0.15) is 0 Å².